The number of carboxylic acid groups (broad SMARTS) is 2. The second kappa shape index (κ2) is 14.7. The Bertz CT molecular complexity index is 900. The first-order valence-corrected chi connectivity index (χ1v) is 10.4. The lowest BCUT2D eigenvalue weighted by atomic mass is 9.94. The van der Waals surface area contributed by atoms with Crippen molar-refractivity contribution in [2.45, 2.75) is 53.2 Å². The van der Waals surface area contributed by atoms with Crippen LogP contribution in [0.2, 0.25) is 0 Å². The zero-order valence-corrected chi connectivity index (χ0v) is 19.8. The molecule has 0 fully saturated rings. The zero-order chi connectivity index (χ0) is 25.7. The number of allylic oxidation sites excluding steroid dienone is 1. The summed E-state index contributed by atoms with van der Waals surface area (Å²) in [6, 6.07) is 11.9. The largest absolute Gasteiger partial charge is 0.478 e. The van der Waals surface area contributed by atoms with Crippen LogP contribution in [0.15, 0.2) is 55.1 Å². The van der Waals surface area contributed by atoms with E-state index in [9.17, 15) is 14.4 Å². The molecular weight excluding hydrogens is 424 g/mol. The van der Waals surface area contributed by atoms with Crippen LogP contribution in [0.3, 0.4) is 0 Å². The summed E-state index contributed by atoms with van der Waals surface area (Å²) in [6.07, 6.45) is 1.45. The van der Waals surface area contributed by atoms with Gasteiger partial charge in [-0.2, -0.15) is 0 Å². The molecule has 0 amide bonds. The first-order valence-electron chi connectivity index (χ1n) is 10.4. The van der Waals surface area contributed by atoms with Gasteiger partial charge in [0, 0.05) is 11.5 Å². The van der Waals surface area contributed by atoms with Crippen LogP contribution in [0.25, 0.3) is 0 Å². The van der Waals surface area contributed by atoms with Crippen LogP contribution >= 0.6 is 0 Å². The first kappa shape index (κ1) is 29.7. The molecule has 180 valence electrons. The summed E-state index contributed by atoms with van der Waals surface area (Å²) in [5.74, 6) is -3.19. The molecule has 7 heteroatoms. The summed E-state index contributed by atoms with van der Waals surface area (Å²) in [7, 11) is 0. The molecule has 0 bridgehead atoms. The second-order valence-corrected chi connectivity index (χ2v) is 7.75. The van der Waals surface area contributed by atoms with E-state index in [2.05, 4.69) is 6.58 Å². The van der Waals surface area contributed by atoms with Gasteiger partial charge in [0.25, 0.3) is 5.78 Å². The Morgan fingerprint density at radius 1 is 0.909 bits per heavy atom. The first-order chi connectivity index (χ1) is 15.3. The SMILES string of the molecule is C=CCC(C(C)O)C(C)O.Cc1cc(C)c(C(=O)C(=O)O)c(C)c1.O=C(O)c1ccccc1. The summed E-state index contributed by atoms with van der Waals surface area (Å²) < 4.78 is 0. The van der Waals surface area contributed by atoms with Gasteiger partial charge in [-0.1, -0.05) is 42.0 Å². The fourth-order valence-corrected chi connectivity index (χ4v) is 3.22. The van der Waals surface area contributed by atoms with Gasteiger partial charge >= 0.3 is 11.9 Å². The third-order valence-electron chi connectivity index (χ3n) is 4.80. The molecule has 2 aromatic carbocycles. The molecule has 33 heavy (non-hydrogen) atoms. The number of carbonyl (C=O) groups excluding carboxylic acids is 1. The molecule has 2 rings (SSSR count). The highest BCUT2D eigenvalue weighted by molar-refractivity contribution is 6.40. The van der Waals surface area contributed by atoms with Gasteiger partial charge in [-0.05, 0) is 64.3 Å². The van der Waals surface area contributed by atoms with Gasteiger partial charge in [-0.25, -0.2) is 9.59 Å². The van der Waals surface area contributed by atoms with Crippen LogP contribution in [0.4, 0.5) is 0 Å². The average molecular weight is 459 g/mol. The number of Topliss-reactive ketones (excluding diaryl/α,β-unsaturated/α-hetero) is 1. The van der Waals surface area contributed by atoms with Crippen molar-refractivity contribution < 1.29 is 34.8 Å². The van der Waals surface area contributed by atoms with Gasteiger partial charge in [0.15, 0.2) is 0 Å². The lowest BCUT2D eigenvalue weighted by Crippen LogP contribution is -2.26. The van der Waals surface area contributed by atoms with E-state index in [1.54, 1.807) is 64.1 Å². The van der Waals surface area contributed by atoms with Gasteiger partial charge in [-0.15, -0.1) is 6.58 Å². The molecule has 0 aliphatic carbocycles. The smallest absolute Gasteiger partial charge is 0.377 e. The Balaban J connectivity index is 0.000000481. The molecule has 2 unspecified atom stereocenters. The van der Waals surface area contributed by atoms with Crippen LogP contribution in [0.1, 0.15) is 57.7 Å². The predicted octanol–water partition coefficient (Wildman–Crippen LogP) is 4.20. The molecule has 0 saturated carbocycles. The van der Waals surface area contributed by atoms with E-state index >= 15 is 0 Å². The van der Waals surface area contributed by atoms with Crippen molar-refractivity contribution in [2.24, 2.45) is 5.92 Å². The molecule has 0 saturated heterocycles. The van der Waals surface area contributed by atoms with Crippen molar-refractivity contribution >= 4 is 17.7 Å². The fourth-order valence-electron chi connectivity index (χ4n) is 3.22. The van der Waals surface area contributed by atoms with Crippen molar-refractivity contribution in [3.8, 4) is 0 Å². The molecule has 0 aliphatic heterocycles. The molecule has 0 spiro atoms. The minimum atomic E-state index is -1.40. The van der Waals surface area contributed by atoms with Gasteiger partial charge in [0.2, 0.25) is 0 Å². The lowest BCUT2D eigenvalue weighted by Gasteiger charge is -2.20. The number of carboxylic acids is 2. The third kappa shape index (κ3) is 10.7. The molecule has 0 heterocycles. The standard InChI is InChI=1S/C11H12O3.C8H16O2.C7H6O2/c1-6-4-7(2)9(8(3)5-6)10(12)11(13)14;1-4-5-8(6(2)9)7(3)10;8-7(9)6-4-2-1-3-5-6/h4-5H,1-3H3,(H,13,14);4,6-10H,1,5H2,2-3H3;1-5H,(H,8,9). The van der Waals surface area contributed by atoms with Crippen molar-refractivity contribution in [1.29, 1.82) is 0 Å². The molecule has 0 aliphatic rings. The van der Waals surface area contributed by atoms with Crippen LogP contribution in [-0.2, 0) is 4.79 Å². The van der Waals surface area contributed by atoms with Crippen LogP contribution in [0.5, 0.6) is 0 Å². The van der Waals surface area contributed by atoms with Gasteiger partial charge in [0.1, 0.15) is 0 Å². The topological polar surface area (TPSA) is 132 Å². The monoisotopic (exact) mass is 458 g/mol. The number of rotatable bonds is 7. The summed E-state index contributed by atoms with van der Waals surface area (Å²) >= 11 is 0. The number of hydrogen-bond donors (Lipinski definition) is 4. The van der Waals surface area contributed by atoms with Crippen LogP contribution in [0, 0.1) is 26.7 Å². The number of aliphatic hydroxyl groups is 2. The maximum Gasteiger partial charge on any atom is 0.377 e. The van der Waals surface area contributed by atoms with E-state index < -0.39 is 29.9 Å². The maximum absolute atomic E-state index is 11.3. The van der Waals surface area contributed by atoms with E-state index in [0.29, 0.717) is 17.5 Å². The molecule has 0 aromatic heterocycles. The number of aryl methyl sites for hydroxylation is 3. The Hall–Kier alpha value is -3.29. The summed E-state index contributed by atoms with van der Waals surface area (Å²) in [5.41, 5.74) is 3.10. The van der Waals surface area contributed by atoms with Crippen molar-refractivity contribution in [1.82, 2.24) is 0 Å². The number of aromatic carboxylic acids is 1. The molecule has 2 atom stereocenters. The number of benzene rings is 2. The molecular formula is C26H34O7. The number of carbonyl (C=O) groups is 3. The Kier molecular flexibility index (Phi) is 13.2. The molecule has 4 N–H and O–H groups in total. The van der Waals surface area contributed by atoms with Crippen molar-refractivity contribution in [3.63, 3.8) is 0 Å². The minimum absolute atomic E-state index is 0.0718. The Morgan fingerprint density at radius 3 is 1.64 bits per heavy atom. The number of aliphatic carboxylic acids is 1. The summed E-state index contributed by atoms with van der Waals surface area (Å²) in [5, 5.41) is 35.2. The number of ketones is 1. The van der Waals surface area contributed by atoms with E-state index in [-0.39, 0.29) is 5.92 Å². The summed E-state index contributed by atoms with van der Waals surface area (Å²) in [6.45, 7) is 12.3. The molecule has 2 aromatic rings. The highest BCUT2D eigenvalue weighted by Crippen LogP contribution is 2.17. The van der Waals surface area contributed by atoms with Crippen molar-refractivity contribution in [2.75, 3.05) is 0 Å². The lowest BCUT2D eigenvalue weighted by molar-refractivity contribution is -0.131. The van der Waals surface area contributed by atoms with E-state index in [1.165, 1.54) is 0 Å². The second-order valence-electron chi connectivity index (χ2n) is 7.75. The third-order valence-corrected chi connectivity index (χ3v) is 4.80. The Labute approximate surface area is 195 Å². The minimum Gasteiger partial charge on any atom is -0.478 e. The highest BCUT2D eigenvalue weighted by Gasteiger charge is 2.19. The number of aliphatic hydroxyl groups excluding tert-OH is 2. The highest BCUT2D eigenvalue weighted by atomic mass is 16.4. The number of hydrogen-bond acceptors (Lipinski definition) is 5. The van der Waals surface area contributed by atoms with Gasteiger partial charge in [0.05, 0.1) is 17.8 Å². The molecule has 0 radical (unpaired) electrons. The normalized spacial score (nSPS) is 12.6. The van der Waals surface area contributed by atoms with Gasteiger partial charge < -0.3 is 20.4 Å². The summed E-state index contributed by atoms with van der Waals surface area (Å²) in [4.78, 5) is 32.0. The maximum atomic E-state index is 11.3. The van der Waals surface area contributed by atoms with E-state index in [4.69, 9.17) is 20.4 Å². The van der Waals surface area contributed by atoms with Crippen LogP contribution in [-0.4, -0.2) is 50.4 Å². The Morgan fingerprint density at radius 2 is 1.36 bits per heavy atom. The zero-order valence-electron chi connectivity index (χ0n) is 19.8. The quantitative estimate of drug-likeness (QED) is 0.278. The fraction of sp³-hybridized carbons (Fsp3) is 0.346. The predicted molar refractivity (Wildman–Crippen MR) is 128 cm³/mol. The molecule has 7 nitrogen and oxygen atoms in total. The van der Waals surface area contributed by atoms with Crippen LogP contribution < -0.4 is 0 Å². The van der Waals surface area contributed by atoms with Crippen molar-refractivity contribution in [3.05, 3.63) is 82.9 Å². The average Bonchev–Trinajstić information content (AvgIpc) is 2.72. The van der Waals surface area contributed by atoms with Gasteiger partial charge in [-0.3, -0.25) is 4.79 Å². The van der Waals surface area contributed by atoms with E-state index in [0.717, 1.165) is 16.7 Å². The van der Waals surface area contributed by atoms with E-state index in [1.807, 2.05) is 19.1 Å².